The summed E-state index contributed by atoms with van der Waals surface area (Å²) in [6.07, 6.45) is 2.79. The molecule has 0 saturated carbocycles. The first kappa shape index (κ1) is 10.3. The summed E-state index contributed by atoms with van der Waals surface area (Å²) in [6, 6.07) is 6.51. The van der Waals surface area contributed by atoms with Crippen LogP contribution in [0.15, 0.2) is 41.2 Å². The Kier molecular flexibility index (Phi) is 2.80. The molecule has 1 aromatic carbocycles. The Labute approximate surface area is 96.4 Å². The van der Waals surface area contributed by atoms with Crippen molar-refractivity contribution in [3.05, 3.63) is 58.0 Å². The molecule has 0 aliphatic heterocycles. The highest BCUT2D eigenvalue weighted by Crippen LogP contribution is 2.26. The van der Waals surface area contributed by atoms with Crippen LogP contribution in [0.2, 0.25) is 10.0 Å². The van der Waals surface area contributed by atoms with Gasteiger partial charge in [0.15, 0.2) is 5.78 Å². The second-order valence-electron chi connectivity index (χ2n) is 2.94. The molecular formula is C11H6Cl2O2. The quantitative estimate of drug-likeness (QED) is 0.748. The van der Waals surface area contributed by atoms with Crippen LogP contribution in [0.25, 0.3) is 0 Å². The van der Waals surface area contributed by atoms with E-state index in [-0.39, 0.29) is 5.78 Å². The van der Waals surface area contributed by atoms with Gasteiger partial charge in [-0.25, -0.2) is 0 Å². The van der Waals surface area contributed by atoms with Gasteiger partial charge in [0, 0.05) is 0 Å². The van der Waals surface area contributed by atoms with Gasteiger partial charge in [0.1, 0.15) is 6.26 Å². The van der Waals surface area contributed by atoms with E-state index in [1.807, 2.05) is 0 Å². The number of furan rings is 1. The number of rotatable bonds is 2. The summed E-state index contributed by atoms with van der Waals surface area (Å²) in [5, 5.41) is 0.683. The molecule has 4 heteroatoms. The Hall–Kier alpha value is -1.25. The van der Waals surface area contributed by atoms with E-state index in [9.17, 15) is 4.79 Å². The molecule has 0 atom stereocenters. The van der Waals surface area contributed by atoms with E-state index in [0.717, 1.165) is 0 Å². The van der Waals surface area contributed by atoms with Crippen molar-refractivity contribution in [1.82, 2.24) is 0 Å². The minimum absolute atomic E-state index is 0.237. The van der Waals surface area contributed by atoms with Gasteiger partial charge in [0.05, 0.1) is 27.4 Å². The summed E-state index contributed by atoms with van der Waals surface area (Å²) in [5.41, 5.74) is 0.743. The van der Waals surface area contributed by atoms with E-state index < -0.39 is 0 Å². The van der Waals surface area contributed by atoms with Crippen molar-refractivity contribution < 1.29 is 9.21 Å². The molecule has 0 unspecified atom stereocenters. The van der Waals surface area contributed by atoms with Gasteiger partial charge in [-0.05, 0) is 18.2 Å². The minimum Gasteiger partial charge on any atom is -0.472 e. The average Bonchev–Trinajstić information content (AvgIpc) is 2.69. The molecule has 1 aromatic heterocycles. The Morgan fingerprint density at radius 3 is 2.33 bits per heavy atom. The van der Waals surface area contributed by atoms with Crippen LogP contribution in [-0.4, -0.2) is 5.78 Å². The highest BCUT2D eigenvalue weighted by molar-refractivity contribution is 6.40. The lowest BCUT2D eigenvalue weighted by Gasteiger charge is -2.03. The topological polar surface area (TPSA) is 30.2 Å². The molecule has 2 nitrogen and oxygen atoms in total. The van der Waals surface area contributed by atoms with E-state index in [1.54, 1.807) is 24.3 Å². The number of hydrogen-bond donors (Lipinski definition) is 0. The van der Waals surface area contributed by atoms with E-state index >= 15 is 0 Å². The van der Waals surface area contributed by atoms with Gasteiger partial charge in [-0.15, -0.1) is 0 Å². The Morgan fingerprint density at radius 1 is 1.13 bits per heavy atom. The molecule has 0 bridgehead atoms. The summed E-state index contributed by atoms with van der Waals surface area (Å²) in [6.45, 7) is 0. The minimum atomic E-state index is -0.237. The molecule has 2 aromatic rings. The van der Waals surface area contributed by atoms with E-state index in [2.05, 4.69) is 0 Å². The zero-order valence-electron chi connectivity index (χ0n) is 7.54. The molecule has 1 heterocycles. The zero-order chi connectivity index (χ0) is 10.8. The van der Waals surface area contributed by atoms with Gasteiger partial charge in [0.2, 0.25) is 0 Å². The van der Waals surface area contributed by atoms with Crippen LogP contribution >= 0.6 is 23.2 Å². The Bertz CT molecular complexity index is 469. The smallest absolute Gasteiger partial charge is 0.199 e. The molecule has 76 valence electrons. The van der Waals surface area contributed by atoms with Crippen LogP contribution in [0, 0.1) is 0 Å². The van der Waals surface area contributed by atoms with Gasteiger partial charge in [0.25, 0.3) is 0 Å². The van der Waals surface area contributed by atoms with Crippen LogP contribution in [0.1, 0.15) is 15.9 Å². The molecule has 0 N–H and O–H groups in total. The van der Waals surface area contributed by atoms with E-state index in [4.69, 9.17) is 27.6 Å². The van der Waals surface area contributed by atoms with Crippen molar-refractivity contribution in [3.63, 3.8) is 0 Å². The fourth-order valence-corrected chi connectivity index (χ4v) is 1.82. The third-order valence-corrected chi connectivity index (χ3v) is 2.60. The lowest BCUT2D eigenvalue weighted by molar-refractivity contribution is 0.103. The summed E-state index contributed by atoms with van der Waals surface area (Å²) in [5.74, 6) is -0.237. The van der Waals surface area contributed by atoms with Gasteiger partial charge in [-0.3, -0.25) is 4.79 Å². The van der Waals surface area contributed by atoms with Crippen LogP contribution in [-0.2, 0) is 0 Å². The first-order chi connectivity index (χ1) is 7.20. The first-order valence-electron chi connectivity index (χ1n) is 4.21. The maximum absolute atomic E-state index is 11.9. The van der Waals surface area contributed by atoms with Gasteiger partial charge < -0.3 is 4.42 Å². The lowest BCUT2D eigenvalue weighted by Crippen LogP contribution is -2.01. The number of ketones is 1. The molecule has 0 aliphatic carbocycles. The van der Waals surface area contributed by atoms with Crippen molar-refractivity contribution in [1.29, 1.82) is 0 Å². The monoisotopic (exact) mass is 240 g/mol. The summed E-state index contributed by atoms with van der Waals surface area (Å²) in [4.78, 5) is 11.9. The van der Waals surface area contributed by atoms with Crippen LogP contribution < -0.4 is 0 Å². The van der Waals surface area contributed by atoms with Gasteiger partial charge >= 0.3 is 0 Å². The Morgan fingerprint density at radius 2 is 1.80 bits per heavy atom. The molecule has 15 heavy (non-hydrogen) atoms. The van der Waals surface area contributed by atoms with Crippen LogP contribution in [0.3, 0.4) is 0 Å². The molecular weight excluding hydrogens is 235 g/mol. The largest absolute Gasteiger partial charge is 0.472 e. The fourth-order valence-electron chi connectivity index (χ4n) is 1.25. The molecule has 0 fully saturated rings. The number of carbonyl (C=O) groups excluding carboxylic acids is 1. The molecule has 0 amide bonds. The zero-order valence-corrected chi connectivity index (χ0v) is 9.05. The number of carbonyl (C=O) groups is 1. The van der Waals surface area contributed by atoms with Crippen molar-refractivity contribution >= 4 is 29.0 Å². The van der Waals surface area contributed by atoms with Crippen molar-refractivity contribution in [3.8, 4) is 0 Å². The van der Waals surface area contributed by atoms with Crippen molar-refractivity contribution in [2.75, 3.05) is 0 Å². The summed E-state index contributed by atoms with van der Waals surface area (Å²) < 4.78 is 4.83. The SMILES string of the molecule is O=C(c1ccoc1)c1c(Cl)cccc1Cl. The van der Waals surface area contributed by atoms with Crippen LogP contribution in [0.5, 0.6) is 0 Å². The molecule has 0 aliphatic rings. The summed E-state index contributed by atoms with van der Waals surface area (Å²) >= 11 is 11.8. The highest BCUT2D eigenvalue weighted by Gasteiger charge is 2.16. The van der Waals surface area contributed by atoms with E-state index in [0.29, 0.717) is 21.2 Å². The maximum Gasteiger partial charge on any atom is 0.199 e. The van der Waals surface area contributed by atoms with Crippen molar-refractivity contribution in [2.45, 2.75) is 0 Å². The normalized spacial score (nSPS) is 10.3. The third kappa shape index (κ3) is 1.91. The van der Waals surface area contributed by atoms with E-state index in [1.165, 1.54) is 12.5 Å². The predicted octanol–water partition coefficient (Wildman–Crippen LogP) is 3.82. The van der Waals surface area contributed by atoms with Crippen LogP contribution in [0.4, 0.5) is 0 Å². The molecule has 0 saturated heterocycles. The summed E-state index contributed by atoms with van der Waals surface area (Å²) in [7, 11) is 0. The highest BCUT2D eigenvalue weighted by atomic mass is 35.5. The maximum atomic E-state index is 11.9. The first-order valence-corrected chi connectivity index (χ1v) is 4.96. The third-order valence-electron chi connectivity index (χ3n) is 1.97. The standard InChI is InChI=1S/C11H6Cl2O2/c12-8-2-1-3-9(13)10(8)11(14)7-4-5-15-6-7/h1-6H. The lowest BCUT2D eigenvalue weighted by atomic mass is 10.1. The Balaban J connectivity index is 2.51. The van der Waals surface area contributed by atoms with Crippen molar-refractivity contribution in [2.24, 2.45) is 0 Å². The molecule has 2 rings (SSSR count). The average molecular weight is 241 g/mol. The molecule has 0 radical (unpaired) electrons. The number of benzene rings is 1. The predicted molar refractivity (Wildman–Crippen MR) is 58.6 cm³/mol. The number of halogens is 2. The second kappa shape index (κ2) is 4.09. The molecule has 0 spiro atoms. The van der Waals surface area contributed by atoms with Gasteiger partial charge in [-0.1, -0.05) is 29.3 Å². The second-order valence-corrected chi connectivity index (χ2v) is 3.75. The number of hydrogen-bond acceptors (Lipinski definition) is 2. The fraction of sp³-hybridized carbons (Fsp3) is 0. The van der Waals surface area contributed by atoms with Gasteiger partial charge in [-0.2, -0.15) is 0 Å².